The highest BCUT2D eigenvalue weighted by Gasteiger charge is 2.47. The van der Waals surface area contributed by atoms with Gasteiger partial charge in [0.25, 0.3) is 11.7 Å². The molecule has 3 aromatic carbocycles. The zero-order chi connectivity index (χ0) is 23.9. The Labute approximate surface area is 195 Å². The Balaban J connectivity index is 2.00. The minimum atomic E-state index is -0.976. The Hall–Kier alpha value is -3.64. The van der Waals surface area contributed by atoms with Gasteiger partial charge in [0, 0.05) is 10.7 Å². The summed E-state index contributed by atoms with van der Waals surface area (Å²) in [5.41, 5.74) is 2.82. The van der Waals surface area contributed by atoms with Crippen molar-refractivity contribution in [2.45, 2.75) is 19.9 Å². The average Bonchev–Trinajstić information content (AvgIpc) is 3.03. The smallest absolute Gasteiger partial charge is 0.300 e. The molecule has 1 aliphatic rings. The van der Waals surface area contributed by atoms with E-state index >= 15 is 0 Å². The van der Waals surface area contributed by atoms with E-state index in [1.807, 2.05) is 19.9 Å². The first-order valence-corrected chi connectivity index (χ1v) is 10.6. The summed E-state index contributed by atoms with van der Waals surface area (Å²) in [7, 11) is 1.42. The molecule has 168 valence electrons. The number of aryl methyl sites for hydroxylation is 2. The Kier molecular flexibility index (Phi) is 5.95. The highest BCUT2D eigenvalue weighted by molar-refractivity contribution is 6.51. The molecule has 1 amide bonds. The summed E-state index contributed by atoms with van der Waals surface area (Å²) in [5.74, 6) is -2.25. The average molecular weight is 466 g/mol. The summed E-state index contributed by atoms with van der Waals surface area (Å²) < 4.78 is 19.0. The van der Waals surface area contributed by atoms with Gasteiger partial charge in [-0.15, -0.1) is 0 Å². The maximum atomic E-state index is 13.7. The molecule has 7 heteroatoms. The second kappa shape index (κ2) is 8.71. The first kappa shape index (κ1) is 22.6. The van der Waals surface area contributed by atoms with Gasteiger partial charge in [0.15, 0.2) is 0 Å². The van der Waals surface area contributed by atoms with Gasteiger partial charge in [0.05, 0.1) is 24.3 Å². The van der Waals surface area contributed by atoms with Crippen LogP contribution in [0.5, 0.6) is 5.75 Å². The molecule has 1 heterocycles. The molecule has 1 unspecified atom stereocenters. The van der Waals surface area contributed by atoms with Crippen molar-refractivity contribution in [3.63, 3.8) is 0 Å². The lowest BCUT2D eigenvalue weighted by molar-refractivity contribution is -0.132. The maximum Gasteiger partial charge on any atom is 0.300 e. The van der Waals surface area contributed by atoms with E-state index in [1.165, 1.54) is 42.3 Å². The first-order valence-electron chi connectivity index (χ1n) is 10.2. The zero-order valence-electron chi connectivity index (χ0n) is 18.2. The summed E-state index contributed by atoms with van der Waals surface area (Å²) in [4.78, 5) is 27.8. The van der Waals surface area contributed by atoms with Crippen molar-refractivity contribution in [3.05, 3.63) is 99.3 Å². The lowest BCUT2D eigenvalue weighted by Crippen LogP contribution is -2.29. The van der Waals surface area contributed by atoms with E-state index in [9.17, 15) is 19.1 Å². The van der Waals surface area contributed by atoms with Gasteiger partial charge in [-0.2, -0.15) is 0 Å². The number of carbonyl (C=O) groups excluding carboxylic acids is 2. The minimum absolute atomic E-state index is 0.133. The number of amides is 1. The molecule has 1 aliphatic heterocycles. The molecule has 0 aliphatic carbocycles. The number of hydrogen-bond donors (Lipinski definition) is 1. The molecule has 33 heavy (non-hydrogen) atoms. The van der Waals surface area contributed by atoms with Gasteiger partial charge in [-0.1, -0.05) is 29.8 Å². The molecule has 4 rings (SSSR count). The molecule has 5 nitrogen and oxygen atoms in total. The number of rotatable bonds is 4. The largest absolute Gasteiger partial charge is 0.507 e. The number of anilines is 1. The topological polar surface area (TPSA) is 66.8 Å². The molecule has 3 aromatic rings. The quantitative estimate of drug-likeness (QED) is 0.303. The van der Waals surface area contributed by atoms with Crippen LogP contribution >= 0.6 is 11.6 Å². The third-order valence-electron chi connectivity index (χ3n) is 5.53. The van der Waals surface area contributed by atoms with E-state index in [1.54, 1.807) is 24.3 Å². The van der Waals surface area contributed by atoms with Gasteiger partial charge in [0.1, 0.15) is 17.3 Å². The monoisotopic (exact) mass is 465 g/mol. The van der Waals surface area contributed by atoms with Gasteiger partial charge in [-0.25, -0.2) is 4.39 Å². The van der Waals surface area contributed by atoms with E-state index in [4.69, 9.17) is 16.3 Å². The number of carbonyl (C=O) groups is 2. The van der Waals surface area contributed by atoms with Crippen LogP contribution in [0.4, 0.5) is 10.1 Å². The van der Waals surface area contributed by atoms with Crippen LogP contribution in [-0.2, 0) is 9.59 Å². The Morgan fingerprint density at radius 3 is 2.24 bits per heavy atom. The number of nitrogens with zero attached hydrogens (tertiary/aromatic N) is 1. The zero-order valence-corrected chi connectivity index (χ0v) is 19.0. The molecule has 0 saturated carbocycles. The Morgan fingerprint density at radius 1 is 1.00 bits per heavy atom. The van der Waals surface area contributed by atoms with Crippen LogP contribution in [0, 0.1) is 19.7 Å². The predicted molar refractivity (Wildman–Crippen MR) is 125 cm³/mol. The van der Waals surface area contributed by atoms with Crippen LogP contribution < -0.4 is 9.64 Å². The van der Waals surface area contributed by atoms with E-state index in [0.29, 0.717) is 16.3 Å². The molecular formula is C26H21ClFNO4. The minimum Gasteiger partial charge on any atom is -0.507 e. The third kappa shape index (κ3) is 4.10. The van der Waals surface area contributed by atoms with Crippen LogP contribution in [0.2, 0.25) is 5.02 Å². The van der Waals surface area contributed by atoms with Gasteiger partial charge in [-0.05, 0) is 73.0 Å². The molecule has 1 atom stereocenters. The van der Waals surface area contributed by atoms with E-state index in [0.717, 1.165) is 11.1 Å². The van der Waals surface area contributed by atoms with Crippen molar-refractivity contribution in [2.24, 2.45) is 0 Å². The molecule has 1 fully saturated rings. The second-order valence-corrected chi connectivity index (χ2v) is 8.35. The molecule has 1 saturated heterocycles. The fourth-order valence-corrected chi connectivity index (χ4v) is 4.33. The van der Waals surface area contributed by atoms with Crippen LogP contribution in [0.15, 0.2) is 66.2 Å². The number of ether oxygens (including phenoxy) is 1. The number of hydrogen-bond acceptors (Lipinski definition) is 4. The fraction of sp³-hybridized carbons (Fsp3) is 0.154. The van der Waals surface area contributed by atoms with Gasteiger partial charge in [0.2, 0.25) is 0 Å². The van der Waals surface area contributed by atoms with Gasteiger partial charge >= 0.3 is 0 Å². The third-order valence-corrected chi connectivity index (χ3v) is 5.77. The van der Waals surface area contributed by atoms with Gasteiger partial charge in [-0.3, -0.25) is 14.5 Å². The number of aliphatic hydroxyl groups excluding tert-OH is 1. The van der Waals surface area contributed by atoms with Crippen molar-refractivity contribution in [1.82, 2.24) is 0 Å². The number of ketones is 1. The molecule has 0 aromatic heterocycles. The van der Waals surface area contributed by atoms with Crippen LogP contribution in [-0.4, -0.2) is 23.9 Å². The summed E-state index contributed by atoms with van der Waals surface area (Å²) in [6, 6.07) is 14.6. The number of Topliss-reactive ketones (excluding diaryl/α,β-unsaturated/α-hetero) is 1. The summed E-state index contributed by atoms with van der Waals surface area (Å²) in [5, 5.41) is 11.6. The van der Waals surface area contributed by atoms with Crippen LogP contribution in [0.25, 0.3) is 5.76 Å². The van der Waals surface area contributed by atoms with Crippen molar-refractivity contribution in [1.29, 1.82) is 0 Å². The molecule has 0 radical (unpaired) electrons. The van der Waals surface area contributed by atoms with Crippen molar-refractivity contribution in [3.8, 4) is 5.75 Å². The standard InChI is InChI=1S/C26H21ClFNO4/c1-14-10-15(2)12-19(11-14)29-23(16-4-7-18(28)8-5-16)22(25(31)26(29)32)24(30)20-13-17(27)6-9-21(20)33-3/h4-13,23,30H,1-3H3/b24-22+. The molecule has 1 N–H and O–H groups in total. The number of aliphatic hydroxyl groups is 1. The SMILES string of the molecule is COc1ccc(Cl)cc1/C(O)=C1\C(=O)C(=O)N(c2cc(C)cc(C)c2)C1c1ccc(F)cc1. The van der Waals surface area contributed by atoms with Crippen molar-refractivity contribution < 1.29 is 23.8 Å². The highest BCUT2D eigenvalue weighted by atomic mass is 35.5. The second-order valence-electron chi connectivity index (χ2n) is 7.91. The lowest BCUT2D eigenvalue weighted by Gasteiger charge is -2.26. The maximum absolute atomic E-state index is 13.7. The van der Waals surface area contributed by atoms with E-state index < -0.39 is 29.3 Å². The molecular weight excluding hydrogens is 445 g/mol. The fourth-order valence-electron chi connectivity index (χ4n) is 4.16. The van der Waals surface area contributed by atoms with Crippen LogP contribution in [0.1, 0.15) is 28.3 Å². The van der Waals surface area contributed by atoms with Crippen molar-refractivity contribution >= 4 is 34.7 Å². The highest BCUT2D eigenvalue weighted by Crippen LogP contribution is 2.44. The lowest BCUT2D eigenvalue weighted by atomic mass is 9.94. The van der Waals surface area contributed by atoms with E-state index in [-0.39, 0.29) is 16.9 Å². The number of halogens is 2. The van der Waals surface area contributed by atoms with Gasteiger partial charge < -0.3 is 9.84 Å². The van der Waals surface area contributed by atoms with Crippen molar-refractivity contribution in [2.75, 3.05) is 12.0 Å². The summed E-state index contributed by atoms with van der Waals surface area (Å²) >= 11 is 6.13. The van der Waals surface area contributed by atoms with Crippen LogP contribution in [0.3, 0.4) is 0 Å². The first-order chi connectivity index (χ1) is 15.7. The Morgan fingerprint density at radius 2 is 1.64 bits per heavy atom. The normalized spacial score (nSPS) is 17.5. The molecule has 0 spiro atoms. The summed E-state index contributed by atoms with van der Waals surface area (Å²) in [6.45, 7) is 3.77. The van der Waals surface area contributed by atoms with E-state index in [2.05, 4.69) is 0 Å². The number of methoxy groups -OCH3 is 1. The predicted octanol–water partition coefficient (Wildman–Crippen LogP) is 5.73. The number of benzene rings is 3. The summed E-state index contributed by atoms with van der Waals surface area (Å²) in [6.07, 6.45) is 0. The Bertz CT molecular complexity index is 1280. The molecule has 0 bridgehead atoms.